The molecular weight excluding hydrogens is 366 g/mol. The van der Waals surface area contributed by atoms with Gasteiger partial charge >= 0.3 is 0 Å². The molecule has 1 atom stereocenters. The molecule has 156 valence electrons. The molecule has 2 aromatic carbocycles. The highest BCUT2D eigenvalue weighted by Crippen LogP contribution is 2.39. The Labute approximate surface area is 173 Å². The molecule has 5 nitrogen and oxygen atoms in total. The van der Waals surface area contributed by atoms with Gasteiger partial charge in [-0.3, -0.25) is 4.79 Å². The number of hydrogen-bond acceptors (Lipinski definition) is 4. The lowest BCUT2D eigenvalue weighted by molar-refractivity contribution is -0.122. The second kappa shape index (κ2) is 9.21. The van der Waals surface area contributed by atoms with E-state index < -0.39 is 0 Å². The average Bonchev–Trinajstić information content (AvgIpc) is 2.67. The first kappa shape index (κ1) is 21.0. The number of benzene rings is 2. The molecule has 1 N–H and O–H groups in total. The predicted molar refractivity (Wildman–Crippen MR) is 114 cm³/mol. The lowest BCUT2D eigenvalue weighted by atomic mass is 9.89. The van der Waals surface area contributed by atoms with Gasteiger partial charge in [0.25, 0.3) is 0 Å². The topological polar surface area (TPSA) is 56.8 Å². The molecule has 0 fully saturated rings. The maximum atomic E-state index is 12.7. The molecule has 2 aromatic rings. The van der Waals surface area contributed by atoms with Gasteiger partial charge in [0, 0.05) is 18.4 Å². The minimum absolute atomic E-state index is 0.0364. The largest absolute Gasteiger partial charge is 0.490 e. The zero-order chi connectivity index (χ0) is 20.9. The molecule has 5 heteroatoms. The lowest BCUT2D eigenvalue weighted by Gasteiger charge is -2.37. The van der Waals surface area contributed by atoms with Gasteiger partial charge in [-0.2, -0.15) is 0 Å². The van der Waals surface area contributed by atoms with E-state index in [9.17, 15) is 4.79 Å². The van der Waals surface area contributed by atoms with Gasteiger partial charge in [0.2, 0.25) is 5.91 Å². The summed E-state index contributed by atoms with van der Waals surface area (Å²) in [5.41, 5.74) is 1.79. The van der Waals surface area contributed by atoms with Crippen LogP contribution < -0.4 is 19.5 Å². The van der Waals surface area contributed by atoms with Crippen LogP contribution in [0.4, 0.5) is 0 Å². The van der Waals surface area contributed by atoms with Crippen molar-refractivity contribution in [3.8, 4) is 17.2 Å². The maximum absolute atomic E-state index is 12.7. The van der Waals surface area contributed by atoms with Crippen LogP contribution in [0.2, 0.25) is 0 Å². The van der Waals surface area contributed by atoms with Crippen LogP contribution in [0.5, 0.6) is 17.2 Å². The first-order valence-corrected chi connectivity index (χ1v) is 10.4. The van der Waals surface area contributed by atoms with E-state index in [-0.39, 0.29) is 17.6 Å². The van der Waals surface area contributed by atoms with Crippen molar-refractivity contribution in [1.82, 2.24) is 5.32 Å². The number of para-hydroxylation sites is 1. The zero-order valence-electron chi connectivity index (χ0n) is 17.8. The fraction of sp³-hybridized carbons (Fsp3) is 0.458. The molecule has 0 saturated carbocycles. The summed E-state index contributed by atoms with van der Waals surface area (Å²) in [4.78, 5) is 12.7. The van der Waals surface area contributed by atoms with Crippen molar-refractivity contribution in [3.63, 3.8) is 0 Å². The number of hydrogen-bond donors (Lipinski definition) is 1. The molecule has 3 rings (SSSR count). The Morgan fingerprint density at radius 3 is 2.59 bits per heavy atom. The molecule has 0 aromatic heterocycles. The molecule has 1 aliphatic rings. The van der Waals surface area contributed by atoms with Crippen molar-refractivity contribution in [2.75, 3.05) is 13.2 Å². The number of nitrogens with one attached hydrogen (secondary N) is 1. The summed E-state index contributed by atoms with van der Waals surface area (Å²) in [5, 5.41) is 3.20. The van der Waals surface area contributed by atoms with Gasteiger partial charge in [-0.25, -0.2) is 0 Å². The number of ether oxygens (including phenoxy) is 3. The van der Waals surface area contributed by atoms with Crippen LogP contribution >= 0.6 is 0 Å². The SMILES string of the molecule is CCOc1ccc(CCC(=O)NC2CC(C)(C)Oc3ccccc32)cc1OCC. The van der Waals surface area contributed by atoms with E-state index in [0.29, 0.717) is 26.1 Å². The standard InChI is InChI=1S/C24H31NO4/c1-5-27-21-13-11-17(15-22(21)28-6-2)12-14-23(26)25-19-16-24(3,4)29-20-10-8-7-9-18(19)20/h7-11,13,15,19H,5-6,12,14,16H2,1-4H3,(H,25,26). The van der Waals surface area contributed by atoms with Crippen molar-refractivity contribution in [2.45, 2.75) is 58.6 Å². The highest BCUT2D eigenvalue weighted by atomic mass is 16.5. The Balaban J connectivity index is 1.64. The summed E-state index contributed by atoms with van der Waals surface area (Å²) in [5.74, 6) is 2.35. The van der Waals surface area contributed by atoms with Crippen LogP contribution in [0.3, 0.4) is 0 Å². The number of carbonyl (C=O) groups excluding carboxylic acids is 1. The molecule has 1 aliphatic heterocycles. The Hall–Kier alpha value is -2.69. The third-order valence-electron chi connectivity index (χ3n) is 4.96. The smallest absolute Gasteiger partial charge is 0.220 e. The number of amides is 1. The van der Waals surface area contributed by atoms with E-state index in [2.05, 4.69) is 19.2 Å². The van der Waals surface area contributed by atoms with Crippen molar-refractivity contribution in [2.24, 2.45) is 0 Å². The first-order chi connectivity index (χ1) is 13.9. The molecule has 0 radical (unpaired) electrons. The average molecular weight is 398 g/mol. The minimum Gasteiger partial charge on any atom is -0.490 e. The third kappa shape index (κ3) is 5.43. The molecule has 0 spiro atoms. The van der Waals surface area contributed by atoms with E-state index in [1.54, 1.807) is 0 Å². The van der Waals surface area contributed by atoms with E-state index in [0.717, 1.165) is 34.8 Å². The number of rotatable bonds is 8. The second-order valence-corrected chi connectivity index (χ2v) is 7.87. The van der Waals surface area contributed by atoms with Crippen molar-refractivity contribution in [1.29, 1.82) is 0 Å². The number of carbonyl (C=O) groups is 1. The third-order valence-corrected chi connectivity index (χ3v) is 4.96. The summed E-state index contributed by atoms with van der Waals surface area (Å²) in [7, 11) is 0. The fourth-order valence-corrected chi connectivity index (χ4v) is 3.71. The molecule has 1 heterocycles. The summed E-state index contributed by atoms with van der Waals surface area (Å²) >= 11 is 0. The van der Waals surface area contributed by atoms with Gasteiger partial charge < -0.3 is 19.5 Å². The molecule has 0 saturated heterocycles. The van der Waals surface area contributed by atoms with Gasteiger partial charge in [0.05, 0.1) is 19.3 Å². The predicted octanol–water partition coefficient (Wildman–Crippen LogP) is 4.84. The van der Waals surface area contributed by atoms with Crippen LogP contribution in [0.25, 0.3) is 0 Å². The van der Waals surface area contributed by atoms with E-state index in [1.807, 2.05) is 56.3 Å². The normalized spacial score (nSPS) is 17.0. The summed E-state index contributed by atoms with van der Waals surface area (Å²) in [6, 6.07) is 13.8. The van der Waals surface area contributed by atoms with Gasteiger partial charge in [-0.15, -0.1) is 0 Å². The highest BCUT2D eigenvalue weighted by molar-refractivity contribution is 5.77. The van der Waals surface area contributed by atoms with Crippen molar-refractivity contribution >= 4 is 5.91 Å². The van der Waals surface area contributed by atoms with Gasteiger partial charge in [0.15, 0.2) is 11.5 Å². The summed E-state index contributed by atoms with van der Waals surface area (Å²) < 4.78 is 17.3. The van der Waals surface area contributed by atoms with Gasteiger partial charge in [-0.1, -0.05) is 24.3 Å². The van der Waals surface area contributed by atoms with Crippen LogP contribution in [0, 0.1) is 0 Å². The van der Waals surface area contributed by atoms with Crippen molar-refractivity contribution < 1.29 is 19.0 Å². The van der Waals surface area contributed by atoms with Crippen molar-refractivity contribution in [3.05, 3.63) is 53.6 Å². The van der Waals surface area contributed by atoms with Gasteiger partial charge in [0.1, 0.15) is 11.4 Å². The molecule has 1 unspecified atom stereocenters. The van der Waals surface area contributed by atoms with E-state index in [1.165, 1.54) is 0 Å². The summed E-state index contributed by atoms with van der Waals surface area (Å²) in [6.45, 7) is 9.16. The Morgan fingerprint density at radius 2 is 1.83 bits per heavy atom. The van der Waals surface area contributed by atoms with Crippen LogP contribution in [0.15, 0.2) is 42.5 Å². The Bertz CT molecular complexity index is 847. The minimum atomic E-state index is -0.312. The molecular formula is C24H31NO4. The zero-order valence-corrected chi connectivity index (χ0v) is 17.8. The maximum Gasteiger partial charge on any atom is 0.220 e. The van der Waals surface area contributed by atoms with E-state index in [4.69, 9.17) is 14.2 Å². The van der Waals surface area contributed by atoms with Gasteiger partial charge in [-0.05, 0) is 57.9 Å². The quantitative estimate of drug-likeness (QED) is 0.693. The lowest BCUT2D eigenvalue weighted by Crippen LogP contribution is -2.41. The molecule has 0 aliphatic carbocycles. The second-order valence-electron chi connectivity index (χ2n) is 7.87. The number of aryl methyl sites for hydroxylation is 1. The number of fused-ring (bicyclic) bond motifs is 1. The summed E-state index contributed by atoms with van der Waals surface area (Å²) in [6.07, 6.45) is 1.80. The highest BCUT2D eigenvalue weighted by Gasteiger charge is 2.34. The fourth-order valence-electron chi connectivity index (χ4n) is 3.71. The van der Waals surface area contributed by atoms with Crippen LogP contribution in [0.1, 0.15) is 57.7 Å². The Kier molecular flexibility index (Phi) is 6.68. The molecule has 0 bridgehead atoms. The first-order valence-electron chi connectivity index (χ1n) is 10.4. The molecule has 29 heavy (non-hydrogen) atoms. The Morgan fingerprint density at radius 1 is 1.10 bits per heavy atom. The monoisotopic (exact) mass is 397 g/mol. The van der Waals surface area contributed by atoms with Crippen LogP contribution in [-0.2, 0) is 11.2 Å². The van der Waals surface area contributed by atoms with E-state index >= 15 is 0 Å². The molecule has 1 amide bonds. The van der Waals surface area contributed by atoms with Crippen LogP contribution in [-0.4, -0.2) is 24.7 Å².